The average molecular weight is 449 g/mol. The van der Waals surface area contributed by atoms with Gasteiger partial charge in [-0.25, -0.2) is 4.39 Å². The van der Waals surface area contributed by atoms with E-state index in [-0.39, 0.29) is 29.7 Å². The highest BCUT2D eigenvalue weighted by Crippen LogP contribution is 2.47. The molecular weight excluding hydrogens is 423 g/mol. The fourth-order valence-corrected chi connectivity index (χ4v) is 5.94. The van der Waals surface area contributed by atoms with Gasteiger partial charge >= 0.3 is 0 Å². The molecule has 1 aliphatic heterocycles. The number of hydrogen-bond donors (Lipinski definition) is 1. The Morgan fingerprint density at radius 3 is 2.50 bits per heavy atom. The van der Waals surface area contributed by atoms with Crippen molar-refractivity contribution in [2.45, 2.75) is 50.2 Å². The van der Waals surface area contributed by atoms with Crippen molar-refractivity contribution in [2.24, 2.45) is 0 Å². The maximum absolute atomic E-state index is 13.7. The lowest BCUT2D eigenvalue weighted by molar-refractivity contribution is -0.124. The molecule has 0 unspecified atom stereocenters. The van der Waals surface area contributed by atoms with Crippen molar-refractivity contribution in [1.29, 1.82) is 0 Å². The van der Waals surface area contributed by atoms with Gasteiger partial charge in [-0.15, -0.1) is 11.3 Å². The second-order valence-corrected chi connectivity index (χ2v) is 9.50. The number of fused-ring (bicyclic) bond motifs is 1. The van der Waals surface area contributed by atoms with Gasteiger partial charge < -0.3 is 10.2 Å². The summed E-state index contributed by atoms with van der Waals surface area (Å²) < 4.78 is 13.3. The van der Waals surface area contributed by atoms with Gasteiger partial charge in [0, 0.05) is 23.0 Å². The lowest BCUT2D eigenvalue weighted by Gasteiger charge is -2.44. The molecule has 3 aromatic rings. The molecule has 0 spiro atoms. The zero-order chi connectivity index (χ0) is 22.1. The zero-order valence-electron chi connectivity index (χ0n) is 17.7. The van der Waals surface area contributed by atoms with Gasteiger partial charge in [0.2, 0.25) is 5.91 Å². The molecule has 4 nitrogen and oxygen atoms in total. The van der Waals surface area contributed by atoms with Gasteiger partial charge in [-0.2, -0.15) is 0 Å². The normalized spacial score (nSPS) is 20.9. The Morgan fingerprint density at radius 1 is 1.03 bits per heavy atom. The number of halogens is 1. The highest BCUT2D eigenvalue weighted by Gasteiger charge is 2.47. The minimum atomic E-state index is -0.497. The molecule has 1 aromatic heterocycles. The molecule has 1 N–H and O–H groups in total. The predicted octanol–water partition coefficient (Wildman–Crippen LogP) is 5.43. The number of thiophene rings is 1. The summed E-state index contributed by atoms with van der Waals surface area (Å²) in [5.74, 6) is -0.891. The van der Waals surface area contributed by atoms with Crippen molar-refractivity contribution in [2.75, 3.05) is 0 Å². The molecule has 6 heteroatoms. The predicted molar refractivity (Wildman–Crippen MR) is 123 cm³/mol. The number of carbonyl (C=O) groups excluding carboxylic acids is 2. The second kappa shape index (κ2) is 8.87. The monoisotopic (exact) mass is 448 g/mol. The first-order chi connectivity index (χ1) is 15.6. The minimum absolute atomic E-state index is 0.0217. The van der Waals surface area contributed by atoms with E-state index in [1.807, 2.05) is 46.7 Å². The summed E-state index contributed by atoms with van der Waals surface area (Å²) in [6.07, 6.45) is 4.16. The molecule has 0 saturated heterocycles. The Balaban J connectivity index is 1.53. The standard InChI is InChI=1S/C26H25FN2O2S/c27-18-13-11-17(12-14-18)16-28-25(30)23-20-8-3-4-9-21(20)26(31)29(19-6-1-2-7-19)24(23)22-10-5-15-32-22/h3-5,8-15,19,23-24H,1-2,6-7,16H2,(H,28,30)/t23-,24+/m0/s1. The lowest BCUT2D eigenvalue weighted by atomic mass is 9.80. The number of carbonyl (C=O) groups is 2. The molecular formula is C26H25FN2O2S. The number of benzene rings is 2. The number of nitrogens with one attached hydrogen (secondary N) is 1. The van der Waals surface area contributed by atoms with Gasteiger partial charge in [-0.05, 0) is 53.6 Å². The quantitative estimate of drug-likeness (QED) is 0.566. The first-order valence-electron chi connectivity index (χ1n) is 11.1. The van der Waals surface area contributed by atoms with E-state index < -0.39 is 5.92 Å². The van der Waals surface area contributed by atoms with Crippen LogP contribution in [0.3, 0.4) is 0 Å². The van der Waals surface area contributed by atoms with Crippen molar-refractivity contribution in [3.63, 3.8) is 0 Å². The molecule has 32 heavy (non-hydrogen) atoms. The summed E-state index contributed by atoms with van der Waals surface area (Å²) >= 11 is 1.59. The SMILES string of the molecule is O=C(NCc1ccc(F)cc1)[C@H]1c2ccccc2C(=O)N(C2CCCC2)[C@@H]1c1cccs1. The van der Waals surface area contributed by atoms with Crippen LogP contribution < -0.4 is 5.32 Å². The molecule has 164 valence electrons. The van der Waals surface area contributed by atoms with E-state index in [2.05, 4.69) is 5.32 Å². The molecule has 1 saturated carbocycles. The molecule has 1 fully saturated rings. The molecule has 2 atom stereocenters. The maximum Gasteiger partial charge on any atom is 0.254 e. The maximum atomic E-state index is 13.7. The average Bonchev–Trinajstić information content (AvgIpc) is 3.53. The Morgan fingerprint density at radius 2 is 1.78 bits per heavy atom. The van der Waals surface area contributed by atoms with Gasteiger partial charge in [0.15, 0.2) is 0 Å². The van der Waals surface area contributed by atoms with Crippen molar-refractivity contribution in [3.8, 4) is 0 Å². The summed E-state index contributed by atoms with van der Waals surface area (Å²) in [5, 5.41) is 5.05. The van der Waals surface area contributed by atoms with Gasteiger partial charge in [0.1, 0.15) is 5.82 Å². The van der Waals surface area contributed by atoms with Gasteiger partial charge in [0.05, 0.1) is 12.0 Å². The minimum Gasteiger partial charge on any atom is -0.351 e. The van der Waals surface area contributed by atoms with Crippen LogP contribution in [-0.4, -0.2) is 22.8 Å². The summed E-state index contributed by atoms with van der Waals surface area (Å²) in [5.41, 5.74) is 2.23. The Hall–Kier alpha value is -2.99. The van der Waals surface area contributed by atoms with Crippen LogP contribution in [0.4, 0.5) is 4.39 Å². The third-order valence-corrected chi connectivity index (χ3v) is 7.53. The van der Waals surface area contributed by atoms with Crippen LogP contribution in [0, 0.1) is 5.82 Å². The number of hydrogen-bond acceptors (Lipinski definition) is 3. The Labute approximate surface area is 191 Å². The van der Waals surface area contributed by atoms with Crippen LogP contribution in [0.25, 0.3) is 0 Å². The van der Waals surface area contributed by atoms with E-state index in [1.165, 1.54) is 12.1 Å². The Kier molecular flexibility index (Phi) is 5.79. The molecule has 2 amide bonds. The molecule has 1 aliphatic carbocycles. The van der Waals surface area contributed by atoms with E-state index in [0.717, 1.165) is 41.7 Å². The van der Waals surface area contributed by atoms with Crippen LogP contribution in [0.15, 0.2) is 66.0 Å². The summed E-state index contributed by atoms with van der Waals surface area (Å²) in [7, 11) is 0. The second-order valence-electron chi connectivity index (χ2n) is 8.52. The van der Waals surface area contributed by atoms with Crippen LogP contribution in [0.1, 0.15) is 64.0 Å². The Bertz CT molecular complexity index is 1110. The third-order valence-electron chi connectivity index (χ3n) is 6.59. The molecule has 2 aromatic carbocycles. The summed E-state index contributed by atoms with van der Waals surface area (Å²) in [4.78, 5) is 30.3. The van der Waals surface area contributed by atoms with Crippen molar-refractivity contribution < 1.29 is 14.0 Å². The molecule has 2 heterocycles. The van der Waals surface area contributed by atoms with Crippen molar-refractivity contribution in [1.82, 2.24) is 10.2 Å². The highest BCUT2D eigenvalue weighted by molar-refractivity contribution is 7.10. The van der Waals surface area contributed by atoms with Gasteiger partial charge in [-0.1, -0.05) is 49.2 Å². The van der Waals surface area contributed by atoms with Crippen LogP contribution in [0.2, 0.25) is 0 Å². The van der Waals surface area contributed by atoms with Crippen molar-refractivity contribution in [3.05, 3.63) is 93.4 Å². The van der Waals surface area contributed by atoms with Crippen LogP contribution >= 0.6 is 11.3 Å². The first-order valence-corrected chi connectivity index (χ1v) is 12.0. The number of amides is 2. The molecule has 5 rings (SSSR count). The first kappa shape index (κ1) is 20.9. The molecule has 0 bridgehead atoms. The fourth-order valence-electron chi connectivity index (χ4n) is 5.08. The lowest BCUT2D eigenvalue weighted by Crippen LogP contribution is -2.50. The van der Waals surface area contributed by atoms with Gasteiger partial charge in [-0.3, -0.25) is 9.59 Å². The van der Waals surface area contributed by atoms with E-state index in [9.17, 15) is 14.0 Å². The molecule has 2 aliphatic rings. The highest BCUT2D eigenvalue weighted by atomic mass is 32.1. The van der Waals surface area contributed by atoms with E-state index in [0.29, 0.717) is 12.1 Å². The smallest absolute Gasteiger partial charge is 0.254 e. The number of nitrogens with zero attached hydrogens (tertiary/aromatic N) is 1. The van der Waals surface area contributed by atoms with E-state index in [1.54, 1.807) is 23.5 Å². The number of rotatable bonds is 5. The largest absolute Gasteiger partial charge is 0.351 e. The summed E-state index contributed by atoms with van der Waals surface area (Å²) in [6, 6.07) is 17.5. The zero-order valence-corrected chi connectivity index (χ0v) is 18.5. The van der Waals surface area contributed by atoms with Crippen molar-refractivity contribution >= 4 is 23.2 Å². The molecule has 0 radical (unpaired) electrons. The fraction of sp³-hybridized carbons (Fsp3) is 0.308. The van der Waals surface area contributed by atoms with Gasteiger partial charge in [0.25, 0.3) is 5.91 Å². The summed E-state index contributed by atoms with van der Waals surface area (Å²) in [6.45, 7) is 0.312. The topological polar surface area (TPSA) is 49.4 Å². The van der Waals surface area contributed by atoms with E-state index >= 15 is 0 Å². The van der Waals surface area contributed by atoms with Crippen LogP contribution in [-0.2, 0) is 11.3 Å². The van der Waals surface area contributed by atoms with E-state index in [4.69, 9.17) is 0 Å². The third kappa shape index (κ3) is 3.84. The van der Waals surface area contributed by atoms with Crippen LogP contribution in [0.5, 0.6) is 0 Å².